The first-order valence-electron chi connectivity index (χ1n) is 8.41. The van der Waals surface area contributed by atoms with Crippen LogP contribution in [0.3, 0.4) is 0 Å². The van der Waals surface area contributed by atoms with Crippen molar-refractivity contribution < 1.29 is 14.3 Å². The van der Waals surface area contributed by atoms with Crippen molar-refractivity contribution in [3.63, 3.8) is 0 Å². The van der Waals surface area contributed by atoms with E-state index < -0.39 is 0 Å². The predicted molar refractivity (Wildman–Crippen MR) is 107 cm³/mol. The quantitative estimate of drug-likeness (QED) is 0.629. The van der Waals surface area contributed by atoms with E-state index in [1.807, 2.05) is 12.1 Å². The highest BCUT2D eigenvalue weighted by Gasteiger charge is 2.12. The molecule has 2 aromatic heterocycles. The number of methoxy groups -OCH3 is 2. The van der Waals surface area contributed by atoms with Crippen molar-refractivity contribution in [1.82, 2.24) is 15.3 Å². The lowest BCUT2D eigenvalue weighted by Crippen LogP contribution is -2.23. The molecule has 0 unspecified atom stereocenters. The highest BCUT2D eigenvalue weighted by atomic mass is 35.5. The summed E-state index contributed by atoms with van der Waals surface area (Å²) in [7, 11) is 3.08. The van der Waals surface area contributed by atoms with Gasteiger partial charge in [-0.15, -0.1) is 0 Å². The van der Waals surface area contributed by atoms with Crippen LogP contribution >= 0.6 is 11.6 Å². The number of anilines is 2. The molecular weight excluding hydrogens is 380 g/mol. The first kappa shape index (κ1) is 19.4. The van der Waals surface area contributed by atoms with Gasteiger partial charge in [0.1, 0.15) is 11.5 Å². The van der Waals surface area contributed by atoms with Crippen molar-refractivity contribution in [2.24, 2.45) is 0 Å². The average Bonchev–Trinajstić information content (AvgIpc) is 2.73. The van der Waals surface area contributed by atoms with Crippen LogP contribution in [0.15, 0.2) is 55.1 Å². The van der Waals surface area contributed by atoms with Gasteiger partial charge in [0.25, 0.3) is 5.91 Å². The molecule has 0 aliphatic carbocycles. The Morgan fingerprint density at radius 3 is 2.61 bits per heavy atom. The highest BCUT2D eigenvalue weighted by molar-refractivity contribution is 6.32. The van der Waals surface area contributed by atoms with Crippen LogP contribution in [0.1, 0.15) is 15.9 Å². The van der Waals surface area contributed by atoms with Crippen molar-refractivity contribution in [2.75, 3.05) is 19.5 Å². The molecule has 7 nitrogen and oxygen atoms in total. The van der Waals surface area contributed by atoms with Gasteiger partial charge in [0.15, 0.2) is 0 Å². The monoisotopic (exact) mass is 398 g/mol. The number of rotatable bonds is 7. The number of carbonyl (C=O) groups excluding carboxylic acids is 1. The van der Waals surface area contributed by atoms with E-state index in [9.17, 15) is 4.79 Å². The lowest BCUT2D eigenvalue weighted by atomic mass is 10.2. The van der Waals surface area contributed by atoms with Gasteiger partial charge in [0.2, 0.25) is 0 Å². The summed E-state index contributed by atoms with van der Waals surface area (Å²) in [6.45, 7) is 0.381. The van der Waals surface area contributed by atoms with Crippen molar-refractivity contribution in [1.29, 1.82) is 0 Å². The molecule has 8 heteroatoms. The molecule has 28 heavy (non-hydrogen) atoms. The van der Waals surface area contributed by atoms with Gasteiger partial charge in [-0.3, -0.25) is 14.8 Å². The number of pyridine rings is 2. The summed E-state index contributed by atoms with van der Waals surface area (Å²) in [5.41, 5.74) is 2.60. The third-order valence-corrected chi connectivity index (χ3v) is 4.22. The SMILES string of the molecule is COc1cc(Nc2cncc(C(=O)NCc3cccnc3)c2)c(OC)cc1Cl. The number of nitrogens with one attached hydrogen (secondary N) is 2. The molecular formula is C20H19ClN4O3. The minimum Gasteiger partial charge on any atom is -0.495 e. The maximum absolute atomic E-state index is 12.4. The first-order chi connectivity index (χ1) is 13.6. The molecule has 2 N–H and O–H groups in total. The molecule has 3 aromatic rings. The third kappa shape index (κ3) is 4.69. The van der Waals surface area contributed by atoms with Crippen LogP contribution in [0.4, 0.5) is 11.4 Å². The van der Waals surface area contributed by atoms with Crippen LogP contribution in [-0.4, -0.2) is 30.1 Å². The van der Waals surface area contributed by atoms with Gasteiger partial charge >= 0.3 is 0 Å². The molecule has 0 saturated carbocycles. The zero-order valence-electron chi connectivity index (χ0n) is 15.4. The molecule has 3 rings (SSSR count). The van der Waals surface area contributed by atoms with E-state index in [1.165, 1.54) is 13.3 Å². The Labute approximate surface area is 167 Å². The third-order valence-electron chi connectivity index (χ3n) is 3.93. The molecule has 2 heterocycles. The summed E-state index contributed by atoms with van der Waals surface area (Å²) in [5, 5.41) is 6.46. The zero-order valence-corrected chi connectivity index (χ0v) is 16.2. The van der Waals surface area contributed by atoms with Crippen LogP contribution in [0.2, 0.25) is 5.02 Å². The normalized spacial score (nSPS) is 10.2. The van der Waals surface area contributed by atoms with Crippen LogP contribution in [0.25, 0.3) is 0 Å². The standard InChI is InChI=1S/C20H19ClN4O3/c1-27-18-8-17(19(28-2)7-16(18)21)25-15-6-14(11-23-12-15)20(26)24-10-13-4-3-5-22-9-13/h3-9,11-12,25H,10H2,1-2H3,(H,24,26). The fraction of sp³-hybridized carbons (Fsp3) is 0.150. The Morgan fingerprint density at radius 1 is 1.07 bits per heavy atom. The molecule has 0 spiro atoms. The molecule has 0 saturated heterocycles. The van der Waals surface area contributed by atoms with Gasteiger partial charge in [0, 0.05) is 37.3 Å². The Kier molecular flexibility index (Phi) is 6.29. The fourth-order valence-corrected chi connectivity index (χ4v) is 2.76. The van der Waals surface area contributed by atoms with Crippen LogP contribution in [0, 0.1) is 0 Å². The number of halogens is 1. The molecule has 0 aliphatic rings. The van der Waals surface area contributed by atoms with Crippen LogP contribution < -0.4 is 20.1 Å². The average molecular weight is 399 g/mol. The fourth-order valence-electron chi connectivity index (χ4n) is 2.53. The van der Waals surface area contributed by atoms with Crippen LogP contribution in [0.5, 0.6) is 11.5 Å². The van der Waals surface area contributed by atoms with Crippen molar-refractivity contribution in [2.45, 2.75) is 6.54 Å². The zero-order chi connectivity index (χ0) is 19.9. The number of nitrogens with zero attached hydrogens (tertiary/aromatic N) is 2. The Hall–Kier alpha value is -3.32. The van der Waals surface area contributed by atoms with Gasteiger partial charge in [-0.1, -0.05) is 17.7 Å². The topological polar surface area (TPSA) is 85.4 Å². The first-order valence-corrected chi connectivity index (χ1v) is 8.79. The van der Waals surface area contributed by atoms with Crippen molar-refractivity contribution in [3.8, 4) is 11.5 Å². The number of ether oxygens (including phenoxy) is 2. The molecule has 0 radical (unpaired) electrons. The van der Waals surface area contributed by atoms with E-state index in [0.717, 1.165) is 5.56 Å². The minimum absolute atomic E-state index is 0.236. The largest absolute Gasteiger partial charge is 0.495 e. The minimum atomic E-state index is -0.236. The predicted octanol–water partition coefficient (Wildman–Crippen LogP) is 3.82. The summed E-state index contributed by atoms with van der Waals surface area (Å²) in [4.78, 5) is 20.6. The second-order valence-electron chi connectivity index (χ2n) is 5.82. The maximum atomic E-state index is 12.4. The number of benzene rings is 1. The summed E-state index contributed by atoms with van der Waals surface area (Å²) in [6, 6.07) is 8.79. The van der Waals surface area contributed by atoms with Crippen molar-refractivity contribution in [3.05, 3.63) is 71.3 Å². The summed E-state index contributed by atoms with van der Waals surface area (Å²) >= 11 is 6.13. The second kappa shape index (κ2) is 9.05. The number of amides is 1. The maximum Gasteiger partial charge on any atom is 0.253 e. The van der Waals surface area contributed by atoms with Gasteiger partial charge in [-0.25, -0.2) is 0 Å². The van der Waals surface area contributed by atoms with Gasteiger partial charge in [-0.2, -0.15) is 0 Å². The molecule has 1 aromatic carbocycles. The van der Waals surface area contributed by atoms with E-state index in [1.54, 1.807) is 43.9 Å². The molecule has 144 valence electrons. The van der Waals surface area contributed by atoms with E-state index in [0.29, 0.717) is 40.0 Å². The lowest BCUT2D eigenvalue weighted by molar-refractivity contribution is 0.0950. The Morgan fingerprint density at radius 2 is 1.89 bits per heavy atom. The molecule has 0 atom stereocenters. The van der Waals surface area contributed by atoms with E-state index in [-0.39, 0.29) is 5.91 Å². The Balaban J connectivity index is 1.75. The number of hydrogen-bond acceptors (Lipinski definition) is 6. The lowest BCUT2D eigenvalue weighted by Gasteiger charge is -2.14. The number of carbonyl (C=O) groups is 1. The van der Waals surface area contributed by atoms with E-state index in [2.05, 4.69) is 20.6 Å². The highest BCUT2D eigenvalue weighted by Crippen LogP contribution is 2.37. The van der Waals surface area contributed by atoms with E-state index in [4.69, 9.17) is 21.1 Å². The van der Waals surface area contributed by atoms with Gasteiger partial charge < -0.3 is 20.1 Å². The van der Waals surface area contributed by atoms with E-state index >= 15 is 0 Å². The molecule has 0 fully saturated rings. The molecule has 0 bridgehead atoms. The van der Waals surface area contributed by atoms with Gasteiger partial charge in [0.05, 0.1) is 42.4 Å². The van der Waals surface area contributed by atoms with Crippen LogP contribution in [-0.2, 0) is 6.54 Å². The summed E-state index contributed by atoms with van der Waals surface area (Å²) < 4.78 is 10.6. The van der Waals surface area contributed by atoms with Crippen molar-refractivity contribution >= 4 is 28.9 Å². The van der Waals surface area contributed by atoms with Gasteiger partial charge in [-0.05, 0) is 17.7 Å². The Bertz CT molecular complexity index is 967. The molecule has 1 amide bonds. The molecule has 0 aliphatic heterocycles. The second-order valence-corrected chi connectivity index (χ2v) is 6.23. The summed E-state index contributed by atoms with van der Waals surface area (Å²) in [6.07, 6.45) is 6.50. The number of aromatic nitrogens is 2. The number of hydrogen-bond donors (Lipinski definition) is 2. The smallest absolute Gasteiger partial charge is 0.253 e. The summed E-state index contributed by atoms with van der Waals surface area (Å²) in [5.74, 6) is 0.807.